The number of hydrogen-bond acceptors (Lipinski definition) is 3. The van der Waals surface area contributed by atoms with Gasteiger partial charge in [0.2, 0.25) is 0 Å². The molecule has 0 saturated carbocycles. The third-order valence-corrected chi connectivity index (χ3v) is 2.95. The molecule has 18 heavy (non-hydrogen) atoms. The maximum absolute atomic E-state index is 5.80. The van der Waals surface area contributed by atoms with Crippen LogP contribution in [0.3, 0.4) is 0 Å². The van der Waals surface area contributed by atoms with Crippen molar-refractivity contribution >= 4 is 16.6 Å². The molecule has 0 aliphatic heterocycles. The molecular formula is C14H13N3O. The average Bonchev–Trinajstić information content (AvgIpc) is 2.82. The lowest BCUT2D eigenvalue weighted by Gasteiger charge is -2.04. The van der Waals surface area contributed by atoms with Crippen molar-refractivity contribution in [2.45, 2.75) is 0 Å². The van der Waals surface area contributed by atoms with Gasteiger partial charge in [0, 0.05) is 29.2 Å². The van der Waals surface area contributed by atoms with Crippen LogP contribution in [0.25, 0.3) is 22.2 Å². The first-order valence-corrected chi connectivity index (χ1v) is 5.65. The van der Waals surface area contributed by atoms with Gasteiger partial charge in [-0.2, -0.15) is 0 Å². The smallest absolute Gasteiger partial charge is 0.128 e. The van der Waals surface area contributed by atoms with Gasteiger partial charge in [0.25, 0.3) is 0 Å². The number of benzene rings is 1. The summed E-state index contributed by atoms with van der Waals surface area (Å²) in [7, 11) is 1.67. The van der Waals surface area contributed by atoms with E-state index in [9.17, 15) is 0 Å². The highest BCUT2D eigenvalue weighted by Gasteiger charge is 2.11. The number of nitrogens with two attached hydrogens (primary N) is 1. The lowest BCUT2D eigenvalue weighted by atomic mass is 10.1. The molecule has 4 heteroatoms. The maximum atomic E-state index is 5.80. The zero-order valence-corrected chi connectivity index (χ0v) is 9.97. The number of pyridine rings is 1. The Morgan fingerprint density at radius 2 is 2.17 bits per heavy atom. The molecule has 0 spiro atoms. The monoisotopic (exact) mass is 239 g/mol. The molecule has 0 bridgehead atoms. The van der Waals surface area contributed by atoms with Crippen molar-refractivity contribution in [2.24, 2.45) is 0 Å². The second-order valence-electron chi connectivity index (χ2n) is 4.06. The van der Waals surface area contributed by atoms with E-state index in [2.05, 4.69) is 9.97 Å². The molecule has 90 valence electrons. The predicted octanol–water partition coefficient (Wildman–Crippen LogP) is 2.82. The van der Waals surface area contributed by atoms with Crippen LogP contribution in [0, 0.1) is 0 Å². The van der Waals surface area contributed by atoms with E-state index in [-0.39, 0.29) is 0 Å². The van der Waals surface area contributed by atoms with Crippen molar-refractivity contribution < 1.29 is 4.74 Å². The second-order valence-corrected chi connectivity index (χ2v) is 4.06. The van der Waals surface area contributed by atoms with Gasteiger partial charge in [0.05, 0.1) is 18.2 Å². The number of methoxy groups -OCH3 is 1. The molecule has 3 N–H and O–H groups in total. The lowest BCUT2D eigenvalue weighted by Crippen LogP contribution is -1.89. The molecule has 0 fully saturated rings. The van der Waals surface area contributed by atoms with Crippen molar-refractivity contribution in [2.75, 3.05) is 12.8 Å². The first kappa shape index (κ1) is 10.7. The van der Waals surface area contributed by atoms with Crippen LogP contribution in [0.1, 0.15) is 0 Å². The Kier molecular flexibility index (Phi) is 2.41. The molecule has 0 radical (unpaired) electrons. The fourth-order valence-corrected chi connectivity index (χ4v) is 2.12. The van der Waals surface area contributed by atoms with Gasteiger partial charge in [-0.15, -0.1) is 0 Å². The molecule has 2 heterocycles. The van der Waals surface area contributed by atoms with Gasteiger partial charge in [-0.25, -0.2) is 0 Å². The SMILES string of the molecule is COc1cccc2[nH]cc(-c3cc(N)ccn3)c12. The van der Waals surface area contributed by atoms with Crippen molar-refractivity contribution in [1.82, 2.24) is 9.97 Å². The van der Waals surface area contributed by atoms with E-state index in [1.165, 1.54) is 0 Å². The Hall–Kier alpha value is -2.49. The minimum absolute atomic E-state index is 0.698. The van der Waals surface area contributed by atoms with E-state index < -0.39 is 0 Å². The van der Waals surface area contributed by atoms with Gasteiger partial charge in [0.15, 0.2) is 0 Å². The normalized spacial score (nSPS) is 10.7. The molecule has 3 aromatic rings. The zero-order valence-electron chi connectivity index (χ0n) is 9.97. The fraction of sp³-hybridized carbons (Fsp3) is 0.0714. The number of hydrogen-bond donors (Lipinski definition) is 2. The standard InChI is InChI=1S/C14H13N3O/c1-18-13-4-2-3-11-14(13)10(8-17-11)12-7-9(15)5-6-16-12/h2-8,17H,1H3,(H2,15,16). The predicted molar refractivity (Wildman–Crippen MR) is 72.5 cm³/mol. The number of aromatic nitrogens is 2. The quantitative estimate of drug-likeness (QED) is 0.722. The Morgan fingerprint density at radius 1 is 1.28 bits per heavy atom. The highest BCUT2D eigenvalue weighted by Crippen LogP contribution is 2.34. The Bertz CT molecular complexity index is 703. The summed E-state index contributed by atoms with van der Waals surface area (Å²) in [6.45, 7) is 0. The summed E-state index contributed by atoms with van der Waals surface area (Å²) in [6.07, 6.45) is 3.63. The van der Waals surface area contributed by atoms with Crippen LogP contribution in [-0.2, 0) is 0 Å². The Morgan fingerprint density at radius 3 is 2.94 bits per heavy atom. The molecule has 0 aliphatic rings. The van der Waals surface area contributed by atoms with Crippen LogP contribution in [0.15, 0.2) is 42.7 Å². The van der Waals surface area contributed by atoms with Crippen LogP contribution in [0.2, 0.25) is 0 Å². The minimum atomic E-state index is 0.698. The largest absolute Gasteiger partial charge is 0.496 e. The third-order valence-electron chi connectivity index (χ3n) is 2.95. The topological polar surface area (TPSA) is 63.9 Å². The lowest BCUT2D eigenvalue weighted by molar-refractivity contribution is 0.420. The third kappa shape index (κ3) is 1.59. The van der Waals surface area contributed by atoms with Gasteiger partial charge >= 0.3 is 0 Å². The zero-order chi connectivity index (χ0) is 12.5. The molecule has 4 nitrogen and oxygen atoms in total. The Labute approximate surface area is 104 Å². The van der Waals surface area contributed by atoms with Crippen molar-refractivity contribution in [3.8, 4) is 17.0 Å². The molecule has 0 aliphatic carbocycles. The summed E-state index contributed by atoms with van der Waals surface area (Å²) in [6, 6.07) is 9.53. The molecule has 3 rings (SSSR count). The van der Waals surface area contributed by atoms with E-state index in [4.69, 9.17) is 10.5 Å². The van der Waals surface area contributed by atoms with Crippen LogP contribution in [0.5, 0.6) is 5.75 Å². The number of H-pyrrole nitrogens is 1. The number of aromatic amines is 1. The van der Waals surface area contributed by atoms with Gasteiger partial charge in [-0.3, -0.25) is 4.98 Å². The summed E-state index contributed by atoms with van der Waals surface area (Å²) in [4.78, 5) is 7.57. The van der Waals surface area contributed by atoms with E-state index >= 15 is 0 Å². The van der Waals surface area contributed by atoms with Gasteiger partial charge < -0.3 is 15.5 Å². The van der Waals surface area contributed by atoms with Crippen molar-refractivity contribution in [3.05, 3.63) is 42.7 Å². The number of anilines is 1. The summed E-state index contributed by atoms with van der Waals surface area (Å²) in [5, 5.41) is 1.03. The number of nitrogens with one attached hydrogen (secondary N) is 1. The van der Waals surface area contributed by atoms with Crippen molar-refractivity contribution in [1.29, 1.82) is 0 Å². The van der Waals surface area contributed by atoms with Crippen LogP contribution in [-0.4, -0.2) is 17.1 Å². The van der Waals surface area contributed by atoms with Gasteiger partial charge in [-0.1, -0.05) is 6.07 Å². The average molecular weight is 239 g/mol. The highest BCUT2D eigenvalue weighted by molar-refractivity contribution is 5.99. The first-order chi connectivity index (χ1) is 8.79. The molecule has 0 atom stereocenters. The first-order valence-electron chi connectivity index (χ1n) is 5.65. The van der Waals surface area contributed by atoms with E-state index in [1.807, 2.05) is 30.5 Å². The molecule has 0 unspecified atom stereocenters. The Balaban J connectivity index is 2.30. The maximum Gasteiger partial charge on any atom is 0.128 e. The van der Waals surface area contributed by atoms with Crippen LogP contribution < -0.4 is 10.5 Å². The molecule has 0 saturated heterocycles. The summed E-state index contributed by atoms with van der Waals surface area (Å²) >= 11 is 0. The highest BCUT2D eigenvalue weighted by atomic mass is 16.5. The summed E-state index contributed by atoms with van der Waals surface area (Å²) in [5.41, 5.74) is 9.35. The fourth-order valence-electron chi connectivity index (χ4n) is 2.12. The molecule has 0 amide bonds. The number of nitrogens with zero attached hydrogens (tertiary/aromatic N) is 1. The van der Waals surface area contributed by atoms with E-state index in [1.54, 1.807) is 19.4 Å². The molecular weight excluding hydrogens is 226 g/mol. The minimum Gasteiger partial charge on any atom is -0.496 e. The molecule has 2 aromatic heterocycles. The second kappa shape index (κ2) is 4.07. The van der Waals surface area contributed by atoms with E-state index in [0.29, 0.717) is 5.69 Å². The van der Waals surface area contributed by atoms with Crippen LogP contribution in [0.4, 0.5) is 5.69 Å². The van der Waals surface area contributed by atoms with E-state index in [0.717, 1.165) is 27.9 Å². The molecule has 1 aromatic carbocycles. The van der Waals surface area contributed by atoms with Gasteiger partial charge in [0.1, 0.15) is 5.75 Å². The number of nitrogen functional groups attached to an aromatic ring is 1. The number of rotatable bonds is 2. The summed E-state index contributed by atoms with van der Waals surface area (Å²) in [5.74, 6) is 0.827. The van der Waals surface area contributed by atoms with Gasteiger partial charge in [-0.05, 0) is 24.3 Å². The number of ether oxygens (including phenoxy) is 1. The number of fused-ring (bicyclic) bond motifs is 1. The van der Waals surface area contributed by atoms with Crippen LogP contribution >= 0.6 is 0 Å². The summed E-state index contributed by atoms with van der Waals surface area (Å²) < 4.78 is 5.40. The van der Waals surface area contributed by atoms with Crippen molar-refractivity contribution in [3.63, 3.8) is 0 Å².